The molecule has 8 heteroatoms. The fraction of sp³-hybridized carbons (Fsp3) is 0.554. The predicted octanol–water partition coefficient (Wildman–Crippen LogP) is 12.6. The van der Waals surface area contributed by atoms with Crippen molar-refractivity contribution in [3.05, 3.63) is 134 Å². The predicted molar refractivity (Wildman–Crippen MR) is 267 cm³/mol. The van der Waals surface area contributed by atoms with Crippen LogP contribution >= 0.6 is 0 Å². The van der Waals surface area contributed by atoms with Crippen molar-refractivity contribution in [3.63, 3.8) is 0 Å². The maximum absolute atomic E-state index is 12.8. The minimum absolute atomic E-state index is 0.0106. The topological polar surface area (TPSA) is 102 Å². The van der Waals surface area contributed by atoms with Crippen molar-refractivity contribution in [3.8, 4) is 0 Å². The molecule has 0 aliphatic heterocycles. The number of esters is 2. The Labute approximate surface area is 390 Å². The number of ether oxygens (including phenoxy) is 3. The number of likely N-dealkylation sites (N-methyl/N-ethyl adjacent to an activating group) is 1. The zero-order chi connectivity index (χ0) is 47.0. The van der Waals surface area contributed by atoms with Gasteiger partial charge in [0.15, 0.2) is 6.10 Å². The summed E-state index contributed by atoms with van der Waals surface area (Å²) in [7, 11) is 5.36. The molecule has 0 radical (unpaired) electrons. The summed E-state index contributed by atoms with van der Waals surface area (Å²) in [6.45, 7) is 4.36. The summed E-state index contributed by atoms with van der Waals surface area (Å²) in [6, 6.07) is -0.754. The lowest BCUT2D eigenvalue weighted by molar-refractivity contribution is -0.889. The summed E-state index contributed by atoms with van der Waals surface area (Å²) < 4.78 is 17.1. The molecule has 2 atom stereocenters. The smallest absolute Gasteiger partial charge is 0.306 e. The molecule has 0 amide bonds. The van der Waals surface area contributed by atoms with E-state index in [4.69, 9.17) is 14.2 Å². The van der Waals surface area contributed by atoms with E-state index < -0.39 is 18.1 Å². The summed E-state index contributed by atoms with van der Waals surface area (Å²) >= 11 is 0. The van der Waals surface area contributed by atoms with Crippen LogP contribution in [0.2, 0.25) is 0 Å². The van der Waals surface area contributed by atoms with Gasteiger partial charge in [-0.15, -0.1) is 0 Å². The molecule has 0 spiro atoms. The second kappa shape index (κ2) is 45.1. The summed E-state index contributed by atoms with van der Waals surface area (Å²) in [5.74, 6) is -1.92. The highest BCUT2D eigenvalue weighted by molar-refractivity contribution is 5.70. The van der Waals surface area contributed by atoms with E-state index in [0.29, 0.717) is 12.8 Å². The number of carbonyl (C=O) groups excluding carboxylic acids is 3. The molecule has 0 heterocycles. The van der Waals surface area contributed by atoms with E-state index in [2.05, 4.69) is 135 Å². The Balaban J connectivity index is 4.53. The number of carboxylic acids is 1. The Morgan fingerprint density at radius 3 is 1.30 bits per heavy atom. The van der Waals surface area contributed by atoms with Crippen LogP contribution in [0.4, 0.5) is 0 Å². The van der Waals surface area contributed by atoms with Gasteiger partial charge in [0.2, 0.25) is 0 Å². The van der Waals surface area contributed by atoms with Gasteiger partial charge in [-0.1, -0.05) is 160 Å². The van der Waals surface area contributed by atoms with E-state index in [0.717, 1.165) is 77.0 Å². The van der Waals surface area contributed by atoms with Crippen LogP contribution in [0.25, 0.3) is 0 Å². The SMILES string of the molecule is CC/C=C/C/C=C/C/C=C/C/C=C/C/C=C/C/C=C/CCC(=O)OCC(COCCC(C(=O)[O-])[N+](C)(C)C)OC(=O)CCCC/C=C/C/C=C/C/C=C/C/C=C/C/C=C/CCCCC. The molecule has 0 aromatic heterocycles. The largest absolute Gasteiger partial charge is 0.544 e. The van der Waals surface area contributed by atoms with Crippen LogP contribution in [-0.2, 0) is 28.6 Å². The van der Waals surface area contributed by atoms with Crippen LogP contribution in [0.3, 0.4) is 0 Å². The Morgan fingerprint density at radius 2 is 0.891 bits per heavy atom. The Morgan fingerprint density at radius 1 is 0.484 bits per heavy atom. The molecule has 2 unspecified atom stereocenters. The van der Waals surface area contributed by atoms with Gasteiger partial charge in [-0.3, -0.25) is 9.59 Å². The number of nitrogens with zero attached hydrogens (tertiary/aromatic N) is 1. The maximum Gasteiger partial charge on any atom is 0.306 e. The minimum atomic E-state index is -1.15. The normalized spacial score (nSPS) is 14.1. The molecule has 64 heavy (non-hydrogen) atoms. The fourth-order valence-corrected chi connectivity index (χ4v) is 6.05. The van der Waals surface area contributed by atoms with Gasteiger partial charge in [0.05, 0.1) is 40.3 Å². The molecular formula is C56H87NO7. The average molecular weight is 886 g/mol. The van der Waals surface area contributed by atoms with Crippen LogP contribution in [-0.4, -0.2) is 75.5 Å². The van der Waals surface area contributed by atoms with Gasteiger partial charge >= 0.3 is 11.9 Å². The molecule has 0 aliphatic carbocycles. The van der Waals surface area contributed by atoms with E-state index in [1.807, 2.05) is 12.2 Å². The first kappa shape index (κ1) is 59.5. The number of hydrogen-bond donors (Lipinski definition) is 0. The molecule has 0 fully saturated rings. The summed E-state index contributed by atoms with van der Waals surface area (Å²) in [6.07, 6.45) is 65.0. The molecule has 0 rings (SSSR count). The first-order valence-electron chi connectivity index (χ1n) is 24.2. The third-order valence-corrected chi connectivity index (χ3v) is 9.78. The van der Waals surface area contributed by atoms with Gasteiger partial charge in [0, 0.05) is 19.3 Å². The third kappa shape index (κ3) is 42.8. The fourth-order valence-electron chi connectivity index (χ4n) is 6.05. The van der Waals surface area contributed by atoms with Crippen LogP contribution < -0.4 is 5.11 Å². The summed E-state index contributed by atoms with van der Waals surface area (Å²) in [4.78, 5) is 36.9. The molecule has 0 bridgehead atoms. The standard InChI is InChI=1S/C56H87NO7/c1-6-8-10-12-14-16-18-20-22-24-26-27-29-31-33-35-37-39-41-43-45-47-55(59)64-52(50-62-49-48-53(56(60)61)57(3,4)5)51-63-54(58)46-44-42-40-38-36-34-32-30-28-25-23-21-19-17-15-13-11-9-7-2/h9,11,14-17,20-23,26-28,30-31,33-34,36-37,39-40,42,52-53H,6-8,10,12-13,18-19,24-25,29,32,35,38,41,43-51H2,1-5H3/b11-9+,16-14+,17-15+,22-20+,23-21+,27-26+,30-28+,33-31+,36-34+,39-37+,42-40+. The number of aliphatic carboxylic acids is 1. The van der Waals surface area contributed by atoms with Crippen LogP contribution in [0, 0.1) is 0 Å². The Kier molecular flexibility index (Phi) is 41.9. The lowest BCUT2D eigenvalue weighted by Crippen LogP contribution is -2.55. The number of carbonyl (C=O) groups is 3. The first-order chi connectivity index (χ1) is 31.1. The molecule has 0 aliphatic rings. The van der Waals surface area contributed by atoms with E-state index in [1.54, 1.807) is 21.1 Å². The second-order valence-electron chi connectivity index (χ2n) is 16.6. The molecule has 0 saturated carbocycles. The first-order valence-corrected chi connectivity index (χ1v) is 24.2. The molecule has 0 aromatic carbocycles. The minimum Gasteiger partial charge on any atom is -0.544 e. The molecule has 0 N–H and O–H groups in total. The highest BCUT2D eigenvalue weighted by Gasteiger charge is 2.25. The molecule has 358 valence electrons. The van der Waals surface area contributed by atoms with Gasteiger partial charge in [0.25, 0.3) is 0 Å². The van der Waals surface area contributed by atoms with Crippen LogP contribution in [0.15, 0.2) is 134 Å². The molecule has 0 aromatic rings. The van der Waals surface area contributed by atoms with Crippen molar-refractivity contribution < 1.29 is 38.2 Å². The van der Waals surface area contributed by atoms with Gasteiger partial charge in [-0.05, 0) is 103 Å². The number of carboxylic acid groups (broad SMARTS) is 1. The lowest BCUT2D eigenvalue weighted by Gasteiger charge is -2.34. The van der Waals surface area contributed by atoms with Gasteiger partial charge in [-0.25, -0.2) is 0 Å². The average Bonchev–Trinajstić information content (AvgIpc) is 3.26. The second-order valence-corrected chi connectivity index (χ2v) is 16.6. The number of hydrogen-bond acceptors (Lipinski definition) is 7. The van der Waals surface area contributed by atoms with Gasteiger partial charge < -0.3 is 28.6 Å². The highest BCUT2D eigenvalue weighted by atomic mass is 16.6. The van der Waals surface area contributed by atoms with Crippen molar-refractivity contribution in [2.24, 2.45) is 0 Å². The van der Waals surface area contributed by atoms with Gasteiger partial charge in [-0.2, -0.15) is 0 Å². The van der Waals surface area contributed by atoms with Crippen molar-refractivity contribution in [2.45, 2.75) is 161 Å². The van der Waals surface area contributed by atoms with E-state index in [-0.39, 0.29) is 55.5 Å². The van der Waals surface area contributed by atoms with E-state index in [1.165, 1.54) is 25.7 Å². The van der Waals surface area contributed by atoms with Gasteiger partial charge in [0.1, 0.15) is 12.6 Å². The number of allylic oxidation sites excluding steroid dienone is 22. The zero-order valence-electron chi connectivity index (χ0n) is 40.6. The molecule has 8 nitrogen and oxygen atoms in total. The zero-order valence-corrected chi connectivity index (χ0v) is 40.6. The number of unbranched alkanes of at least 4 members (excludes halogenated alkanes) is 5. The number of rotatable bonds is 41. The highest BCUT2D eigenvalue weighted by Crippen LogP contribution is 2.10. The Bertz CT molecular complexity index is 1500. The van der Waals surface area contributed by atoms with Crippen molar-refractivity contribution in [1.29, 1.82) is 0 Å². The van der Waals surface area contributed by atoms with Crippen molar-refractivity contribution >= 4 is 17.9 Å². The monoisotopic (exact) mass is 886 g/mol. The Hall–Kier alpha value is -4.53. The van der Waals surface area contributed by atoms with Crippen LogP contribution in [0.5, 0.6) is 0 Å². The van der Waals surface area contributed by atoms with Crippen molar-refractivity contribution in [2.75, 3.05) is 41.0 Å². The van der Waals surface area contributed by atoms with Crippen LogP contribution in [0.1, 0.15) is 149 Å². The molecular weight excluding hydrogens is 799 g/mol. The van der Waals surface area contributed by atoms with Crippen molar-refractivity contribution in [1.82, 2.24) is 0 Å². The lowest BCUT2D eigenvalue weighted by atomic mass is 10.1. The maximum atomic E-state index is 12.8. The molecule has 0 saturated heterocycles. The van der Waals surface area contributed by atoms with E-state index >= 15 is 0 Å². The van der Waals surface area contributed by atoms with E-state index in [9.17, 15) is 19.5 Å². The summed E-state index contributed by atoms with van der Waals surface area (Å²) in [5.41, 5.74) is 0. The summed E-state index contributed by atoms with van der Waals surface area (Å²) in [5, 5.41) is 11.7. The quantitative estimate of drug-likeness (QED) is 0.0261. The number of quaternary nitrogens is 1. The third-order valence-electron chi connectivity index (χ3n) is 9.78.